The molecule has 1 aromatic carbocycles. The lowest BCUT2D eigenvalue weighted by Crippen LogP contribution is -1.98. The average molecular weight is 273 g/mol. The number of rotatable bonds is 4. The zero-order valence-corrected chi connectivity index (χ0v) is 9.19. The normalized spacial score (nSPS) is 10.5. The Kier molecular flexibility index (Phi) is 3.41. The van der Waals surface area contributed by atoms with E-state index in [1.54, 1.807) is 0 Å². The zero-order valence-electron chi connectivity index (χ0n) is 9.19. The van der Waals surface area contributed by atoms with Gasteiger partial charge in [0.05, 0.1) is 0 Å². The quantitative estimate of drug-likeness (QED) is 0.866. The van der Waals surface area contributed by atoms with Crippen molar-refractivity contribution in [3.05, 3.63) is 47.1 Å². The molecule has 1 aromatic heterocycles. The van der Waals surface area contributed by atoms with Gasteiger partial charge in [-0.1, -0.05) is 5.16 Å². The van der Waals surface area contributed by atoms with Crippen LogP contribution in [0, 0.1) is 17.5 Å². The van der Waals surface area contributed by atoms with Gasteiger partial charge < -0.3 is 14.4 Å². The number of aromatic nitrogens is 1. The maximum Gasteiger partial charge on any atom is 0.358 e. The first-order valence-electron chi connectivity index (χ1n) is 4.93. The van der Waals surface area contributed by atoms with Crippen LogP contribution < -0.4 is 4.74 Å². The fraction of sp³-hybridized carbons (Fsp3) is 0.0909. The van der Waals surface area contributed by atoms with Crippen LogP contribution in [-0.4, -0.2) is 16.2 Å². The lowest BCUT2D eigenvalue weighted by atomic mass is 10.3. The fourth-order valence-electron chi connectivity index (χ4n) is 1.25. The highest BCUT2D eigenvalue weighted by Crippen LogP contribution is 2.20. The van der Waals surface area contributed by atoms with E-state index in [0.717, 1.165) is 6.07 Å². The van der Waals surface area contributed by atoms with Crippen LogP contribution in [0.3, 0.4) is 0 Å². The number of carboxylic acids is 1. The summed E-state index contributed by atoms with van der Waals surface area (Å²) in [5.74, 6) is -5.88. The molecule has 2 rings (SSSR count). The summed E-state index contributed by atoms with van der Waals surface area (Å²) in [6.45, 7) is -0.301. The largest absolute Gasteiger partial charge is 0.485 e. The summed E-state index contributed by atoms with van der Waals surface area (Å²) >= 11 is 0. The van der Waals surface area contributed by atoms with Gasteiger partial charge in [0, 0.05) is 18.2 Å². The molecule has 1 N–H and O–H groups in total. The van der Waals surface area contributed by atoms with Gasteiger partial charge in [0.25, 0.3) is 0 Å². The topological polar surface area (TPSA) is 72.6 Å². The third kappa shape index (κ3) is 2.84. The fourth-order valence-corrected chi connectivity index (χ4v) is 1.25. The maximum atomic E-state index is 12.9. The summed E-state index contributed by atoms with van der Waals surface area (Å²) in [6.07, 6.45) is 0. The van der Waals surface area contributed by atoms with E-state index in [1.165, 1.54) is 0 Å². The van der Waals surface area contributed by atoms with E-state index in [4.69, 9.17) is 9.84 Å². The molecule has 0 saturated carbocycles. The van der Waals surface area contributed by atoms with Crippen molar-refractivity contribution in [1.82, 2.24) is 5.16 Å². The average Bonchev–Trinajstić information content (AvgIpc) is 2.82. The number of ether oxygens (including phenoxy) is 1. The minimum Gasteiger partial charge on any atom is -0.485 e. The molecule has 0 amide bonds. The second kappa shape index (κ2) is 5.01. The third-order valence-electron chi connectivity index (χ3n) is 2.12. The molecule has 8 heteroatoms. The van der Waals surface area contributed by atoms with Crippen molar-refractivity contribution in [2.45, 2.75) is 6.61 Å². The maximum absolute atomic E-state index is 12.9. The van der Waals surface area contributed by atoms with E-state index < -0.39 is 23.4 Å². The van der Waals surface area contributed by atoms with E-state index in [-0.39, 0.29) is 23.8 Å². The number of nitrogens with zero attached hydrogens (tertiary/aromatic N) is 1. The Hall–Kier alpha value is -2.51. The van der Waals surface area contributed by atoms with Crippen molar-refractivity contribution in [2.75, 3.05) is 0 Å². The highest BCUT2D eigenvalue weighted by Gasteiger charge is 2.13. The van der Waals surface area contributed by atoms with Crippen LogP contribution in [0.4, 0.5) is 13.2 Å². The molecule has 0 aliphatic carbocycles. The molecule has 0 saturated heterocycles. The van der Waals surface area contributed by atoms with Crippen LogP contribution in [0.2, 0.25) is 0 Å². The molecule has 0 radical (unpaired) electrons. The Balaban J connectivity index is 2.08. The van der Waals surface area contributed by atoms with Crippen LogP contribution >= 0.6 is 0 Å². The number of carbonyl (C=O) groups is 1. The van der Waals surface area contributed by atoms with Crippen molar-refractivity contribution < 1.29 is 32.3 Å². The molecule has 0 atom stereocenters. The van der Waals surface area contributed by atoms with Crippen LogP contribution in [-0.2, 0) is 6.61 Å². The number of hydrogen-bond donors (Lipinski definition) is 1. The third-order valence-corrected chi connectivity index (χ3v) is 2.12. The number of benzene rings is 1. The van der Waals surface area contributed by atoms with Crippen molar-refractivity contribution in [3.63, 3.8) is 0 Å². The SMILES string of the molecule is O=C(O)c1cc(COc2cc(F)c(F)c(F)c2)on1. The van der Waals surface area contributed by atoms with Gasteiger partial charge >= 0.3 is 5.97 Å². The Morgan fingerprint density at radius 2 is 1.89 bits per heavy atom. The number of hydrogen-bond acceptors (Lipinski definition) is 4. The number of halogens is 3. The van der Waals surface area contributed by atoms with Gasteiger partial charge in [-0.25, -0.2) is 18.0 Å². The first kappa shape index (κ1) is 12.9. The molecule has 0 aliphatic rings. The summed E-state index contributed by atoms with van der Waals surface area (Å²) in [5, 5.41) is 11.8. The molecule has 0 unspecified atom stereocenters. The summed E-state index contributed by atoms with van der Waals surface area (Å²) in [5.41, 5.74) is -0.324. The highest BCUT2D eigenvalue weighted by molar-refractivity contribution is 5.85. The van der Waals surface area contributed by atoms with Crippen LogP contribution in [0.5, 0.6) is 5.75 Å². The van der Waals surface area contributed by atoms with Crippen LogP contribution in [0.1, 0.15) is 16.2 Å². The van der Waals surface area contributed by atoms with E-state index in [1.807, 2.05) is 0 Å². The van der Waals surface area contributed by atoms with Gasteiger partial charge in [0.1, 0.15) is 12.4 Å². The van der Waals surface area contributed by atoms with Gasteiger partial charge in [0.2, 0.25) is 0 Å². The Morgan fingerprint density at radius 1 is 1.26 bits per heavy atom. The first-order valence-corrected chi connectivity index (χ1v) is 4.93. The Morgan fingerprint density at radius 3 is 2.42 bits per heavy atom. The highest BCUT2D eigenvalue weighted by atomic mass is 19.2. The molecule has 1 heterocycles. The van der Waals surface area contributed by atoms with E-state index in [2.05, 4.69) is 9.68 Å². The van der Waals surface area contributed by atoms with Gasteiger partial charge in [-0.2, -0.15) is 0 Å². The van der Waals surface area contributed by atoms with E-state index in [9.17, 15) is 18.0 Å². The van der Waals surface area contributed by atoms with Crippen molar-refractivity contribution in [2.24, 2.45) is 0 Å². The lowest BCUT2D eigenvalue weighted by molar-refractivity contribution is 0.0685. The second-order valence-corrected chi connectivity index (χ2v) is 3.47. The van der Waals surface area contributed by atoms with Crippen molar-refractivity contribution >= 4 is 5.97 Å². The molecular formula is C11H6F3NO4. The predicted molar refractivity (Wildman–Crippen MR) is 54.1 cm³/mol. The van der Waals surface area contributed by atoms with Crippen molar-refractivity contribution in [3.8, 4) is 5.75 Å². The summed E-state index contributed by atoms with van der Waals surface area (Å²) in [4.78, 5) is 10.5. The lowest BCUT2D eigenvalue weighted by Gasteiger charge is -2.04. The van der Waals surface area contributed by atoms with Gasteiger partial charge in [-0.3, -0.25) is 0 Å². The molecule has 5 nitrogen and oxygen atoms in total. The van der Waals surface area contributed by atoms with Gasteiger partial charge in [0.15, 0.2) is 28.9 Å². The summed E-state index contributed by atoms with van der Waals surface area (Å²) < 4.78 is 47.9. The predicted octanol–water partition coefficient (Wildman–Crippen LogP) is 2.37. The smallest absolute Gasteiger partial charge is 0.358 e. The molecule has 0 fully saturated rings. The Labute approximate surface area is 104 Å². The first-order chi connectivity index (χ1) is 8.97. The summed E-state index contributed by atoms with van der Waals surface area (Å²) in [6, 6.07) is 2.42. The number of carboxylic acid groups (broad SMARTS) is 1. The monoisotopic (exact) mass is 273 g/mol. The van der Waals surface area contributed by atoms with Crippen LogP contribution in [0.15, 0.2) is 22.7 Å². The molecular weight excluding hydrogens is 267 g/mol. The number of aromatic carboxylic acids is 1. The van der Waals surface area contributed by atoms with Crippen molar-refractivity contribution in [1.29, 1.82) is 0 Å². The van der Waals surface area contributed by atoms with E-state index >= 15 is 0 Å². The Bertz CT molecular complexity index is 603. The van der Waals surface area contributed by atoms with Gasteiger partial charge in [-0.05, 0) is 0 Å². The van der Waals surface area contributed by atoms with Gasteiger partial charge in [-0.15, -0.1) is 0 Å². The zero-order chi connectivity index (χ0) is 14.0. The minimum atomic E-state index is -1.60. The second-order valence-electron chi connectivity index (χ2n) is 3.47. The van der Waals surface area contributed by atoms with Crippen LogP contribution in [0.25, 0.3) is 0 Å². The molecule has 19 heavy (non-hydrogen) atoms. The standard InChI is InChI=1S/C11H6F3NO4/c12-7-1-5(2-8(13)10(7)14)18-4-6-3-9(11(16)17)15-19-6/h1-3H,4H2,(H,16,17). The minimum absolute atomic E-state index is 0.0440. The summed E-state index contributed by atoms with van der Waals surface area (Å²) in [7, 11) is 0. The molecule has 0 aliphatic heterocycles. The molecule has 100 valence electrons. The van der Waals surface area contributed by atoms with E-state index in [0.29, 0.717) is 12.1 Å². The molecule has 0 bridgehead atoms. The molecule has 2 aromatic rings. The molecule has 0 spiro atoms.